The van der Waals surface area contributed by atoms with Crippen LogP contribution < -0.4 is 9.47 Å². The summed E-state index contributed by atoms with van der Waals surface area (Å²) in [5.41, 5.74) is 0. The molecule has 2 aliphatic heterocycles. The SMILES string of the molecule is CC/C(=C(/CC)[S+]1c2ccccc2Oc2ccccc21)[S+]1c2ccccc2Oc2ccccc21. The molecule has 6 rings (SSSR count). The number of benzene rings is 4. The predicted molar refractivity (Wildman–Crippen MR) is 141 cm³/mol. The first-order valence-electron chi connectivity index (χ1n) is 11.7. The van der Waals surface area contributed by atoms with Crippen LogP contribution in [0.1, 0.15) is 26.7 Å². The van der Waals surface area contributed by atoms with Crippen molar-refractivity contribution < 1.29 is 9.47 Å². The Balaban J connectivity index is 1.62. The Bertz CT molecular complexity index is 1210. The average Bonchev–Trinajstić information content (AvgIpc) is 2.89. The highest BCUT2D eigenvalue weighted by molar-refractivity contribution is 8.04. The zero-order valence-corrected chi connectivity index (χ0v) is 20.9. The van der Waals surface area contributed by atoms with E-state index in [1.165, 1.54) is 29.4 Å². The second kappa shape index (κ2) is 8.94. The molecular formula is C30H26O2S2+2. The van der Waals surface area contributed by atoms with Gasteiger partial charge in [-0.3, -0.25) is 0 Å². The first-order valence-corrected chi connectivity index (χ1v) is 14.2. The normalized spacial score (nSPS) is 15.1. The van der Waals surface area contributed by atoms with Gasteiger partial charge in [0.2, 0.25) is 19.6 Å². The maximum absolute atomic E-state index is 6.34. The molecule has 34 heavy (non-hydrogen) atoms. The molecular weight excluding hydrogens is 456 g/mol. The molecule has 4 heteroatoms. The number of rotatable bonds is 4. The number of hydrogen-bond acceptors (Lipinski definition) is 2. The van der Waals surface area contributed by atoms with E-state index < -0.39 is 0 Å². The molecule has 0 spiro atoms. The van der Waals surface area contributed by atoms with Gasteiger partial charge in [-0.25, -0.2) is 0 Å². The van der Waals surface area contributed by atoms with Crippen LogP contribution in [0, 0.1) is 0 Å². The number of hydrogen-bond donors (Lipinski definition) is 0. The van der Waals surface area contributed by atoms with Crippen LogP contribution in [0.15, 0.2) is 126 Å². The summed E-state index contributed by atoms with van der Waals surface area (Å²) in [6.07, 6.45) is 1.98. The second-order valence-electron chi connectivity index (χ2n) is 8.16. The molecule has 168 valence electrons. The van der Waals surface area contributed by atoms with Gasteiger partial charge in [-0.15, -0.1) is 0 Å². The molecule has 2 aliphatic rings. The van der Waals surface area contributed by atoms with Crippen molar-refractivity contribution in [3.8, 4) is 23.0 Å². The summed E-state index contributed by atoms with van der Waals surface area (Å²) in [5, 5.41) is 0. The van der Waals surface area contributed by atoms with Gasteiger partial charge in [0.25, 0.3) is 0 Å². The topological polar surface area (TPSA) is 18.5 Å². The van der Waals surface area contributed by atoms with Gasteiger partial charge >= 0.3 is 0 Å². The smallest absolute Gasteiger partial charge is 0.208 e. The lowest BCUT2D eigenvalue weighted by atomic mass is 10.3. The maximum atomic E-state index is 6.34. The van der Waals surface area contributed by atoms with Gasteiger partial charge < -0.3 is 9.47 Å². The van der Waals surface area contributed by atoms with Crippen LogP contribution in [-0.4, -0.2) is 0 Å². The van der Waals surface area contributed by atoms with E-state index in [9.17, 15) is 0 Å². The molecule has 0 amide bonds. The molecule has 2 heterocycles. The largest absolute Gasteiger partial charge is 0.447 e. The van der Waals surface area contributed by atoms with E-state index in [4.69, 9.17) is 9.47 Å². The van der Waals surface area contributed by atoms with E-state index in [0.29, 0.717) is 0 Å². The Morgan fingerprint density at radius 3 is 1.00 bits per heavy atom. The Labute approximate surface area is 207 Å². The number of para-hydroxylation sites is 4. The molecule has 0 unspecified atom stereocenters. The molecule has 0 bridgehead atoms. The van der Waals surface area contributed by atoms with E-state index in [2.05, 4.69) is 111 Å². The standard InChI is InChI=1S/C30H26O2S2/c1-3-25(33-27-17-9-5-13-21(27)31-22-14-6-10-18-28(22)33)26(4-2)34-29-19-11-7-15-23(29)32-24-16-8-12-20-30(24)34/h5-20H,3-4H2,1-2H3/q+2/b26-25+. The van der Waals surface area contributed by atoms with Crippen molar-refractivity contribution in [2.75, 3.05) is 0 Å². The van der Waals surface area contributed by atoms with Crippen LogP contribution in [0.3, 0.4) is 0 Å². The first-order chi connectivity index (χ1) is 16.8. The third-order valence-electron chi connectivity index (χ3n) is 6.16. The monoisotopic (exact) mass is 482 g/mol. The van der Waals surface area contributed by atoms with Crippen LogP contribution in [0.5, 0.6) is 23.0 Å². The highest BCUT2D eigenvalue weighted by Gasteiger charge is 2.48. The lowest BCUT2D eigenvalue weighted by molar-refractivity contribution is 0.452. The van der Waals surface area contributed by atoms with Gasteiger partial charge in [0.05, 0.1) is 0 Å². The summed E-state index contributed by atoms with van der Waals surface area (Å²) in [6.45, 7) is 4.61. The summed E-state index contributed by atoms with van der Waals surface area (Å²) in [5.74, 6) is 3.90. The van der Waals surface area contributed by atoms with Gasteiger partial charge in [-0.05, 0) is 48.5 Å². The van der Waals surface area contributed by atoms with Crippen molar-refractivity contribution in [1.82, 2.24) is 0 Å². The van der Waals surface area contributed by atoms with Crippen molar-refractivity contribution in [2.24, 2.45) is 0 Å². The number of fused-ring (bicyclic) bond motifs is 4. The van der Waals surface area contributed by atoms with Crippen LogP contribution in [-0.2, 0) is 21.8 Å². The third kappa shape index (κ3) is 3.44. The molecule has 4 aromatic rings. The van der Waals surface area contributed by atoms with Crippen molar-refractivity contribution in [1.29, 1.82) is 0 Å². The molecule has 0 radical (unpaired) electrons. The molecule has 0 fully saturated rings. The highest BCUT2D eigenvalue weighted by atomic mass is 32.2. The Morgan fingerprint density at radius 2 is 0.735 bits per heavy atom. The molecule has 2 nitrogen and oxygen atoms in total. The van der Waals surface area contributed by atoms with Gasteiger partial charge in [0.15, 0.2) is 32.8 Å². The van der Waals surface area contributed by atoms with E-state index in [-0.39, 0.29) is 21.8 Å². The summed E-state index contributed by atoms with van der Waals surface area (Å²) in [6, 6.07) is 34.2. The zero-order valence-electron chi connectivity index (χ0n) is 19.3. The summed E-state index contributed by atoms with van der Waals surface area (Å²) in [7, 11) is -0.394. The van der Waals surface area contributed by atoms with Crippen molar-refractivity contribution in [3.63, 3.8) is 0 Å². The summed E-state index contributed by atoms with van der Waals surface area (Å²) < 4.78 is 12.7. The lowest BCUT2D eigenvalue weighted by Gasteiger charge is -2.24. The number of ether oxygens (including phenoxy) is 2. The van der Waals surface area contributed by atoms with Gasteiger partial charge in [-0.1, -0.05) is 62.4 Å². The Morgan fingerprint density at radius 1 is 0.471 bits per heavy atom. The van der Waals surface area contributed by atoms with Crippen LogP contribution in [0.2, 0.25) is 0 Å². The fourth-order valence-corrected chi connectivity index (χ4v) is 10.2. The Hall–Kier alpha value is -3.08. The fourth-order valence-electron chi connectivity index (χ4n) is 4.73. The van der Waals surface area contributed by atoms with Crippen molar-refractivity contribution >= 4 is 21.8 Å². The van der Waals surface area contributed by atoms with Crippen molar-refractivity contribution in [3.05, 3.63) is 107 Å². The minimum absolute atomic E-state index is 0.197. The van der Waals surface area contributed by atoms with Crippen molar-refractivity contribution in [2.45, 2.75) is 46.3 Å². The van der Waals surface area contributed by atoms with Gasteiger partial charge in [0, 0.05) is 12.8 Å². The summed E-state index contributed by atoms with van der Waals surface area (Å²) >= 11 is 0. The van der Waals surface area contributed by atoms with Crippen LogP contribution in [0.4, 0.5) is 0 Å². The molecule has 0 N–H and O–H groups in total. The van der Waals surface area contributed by atoms with E-state index in [0.717, 1.165) is 35.8 Å². The van der Waals surface area contributed by atoms with Gasteiger partial charge in [0.1, 0.15) is 21.8 Å². The minimum Gasteiger partial charge on any atom is -0.447 e. The quantitative estimate of drug-likeness (QED) is 0.271. The van der Waals surface area contributed by atoms with Crippen LogP contribution >= 0.6 is 0 Å². The fraction of sp³-hybridized carbons (Fsp3) is 0.133. The van der Waals surface area contributed by atoms with E-state index in [1.54, 1.807) is 0 Å². The Kier molecular flexibility index (Phi) is 5.64. The molecule has 4 aromatic carbocycles. The van der Waals surface area contributed by atoms with E-state index >= 15 is 0 Å². The molecule has 0 aromatic heterocycles. The third-order valence-corrected chi connectivity index (χ3v) is 11.5. The molecule has 0 saturated carbocycles. The molecule has 0 saturated heterocycles. The summed E-state index contributed by atoms with van der Waals surface area (Å²) in [4.78, 5) is 8.15. The van der Waals surface area contributed by atoms with Crippen LogP contribution in [0.25, 0.3) is 0 Å². The second-order valence-corrected chi connectivity index (χ2v) is 12.1. The zero-order chi connectivity index (χ0) is 23.1. The van der Waals surface area contributed by atoms with E-state index in [1.807, 2.05) is 0 Å². The molecule has 0 aliphatic carbocycles. The molecule has 0 atom stereocenters. The predicted octanol–water partition coefficient (Wildman–Crippen LogP) is 8.70. The highest BCUT2D eigenvalue weighted by Crippen LogP contribution is 2.52. The first kappa shape index (κ1) is 21.5. The maximum Gasteiger partial charge on any atom is 0.208 e. The van der Waals surface area contributed by atoms with Gasteiger partial charge in [-0.2, -0.15) is 0 Å². The number of allylic oxidation sites excluding steroid dienone is 2. The lowest BCUT2D eigenvalue weighted by Crippen LogP contribution is -2.20. The average molecular weight is 483 g/mol. The minimum atomic E-state index is -0.197.